The van der Waals surface area contributed by atoms with Crippen LogP contribution in [0, 0.1) is 0 Å². The summed E-state index contributed by atoms with van der Waals surface area (Å²) in [6.45, 7) is 2.11. The van der Waals surface area contributed by atoms with E-state index in [1.54, 1.807) is 0 Å². The van der Waals surface area contributed by atoms with Crippen LogP contribution in [0.2, 0.25) is 0 Å². The zero-order valence-corrected chi connectivity index (χ0v) is 14.0. The third-order valence-electron chi connectivity index (χ3n) is 4.12. The minimum atomic E-state index is -0.0629. The van der Waals surface area contributed by atoms with Crippen molar-refractivity contribution in [3.8, 4) is 17.2 Å². The van der Waals surface area contributed by atoms with E-state index in [4.69, 9.17) is 9.15 Å². The molecule has 24 heavy (non-hydrogen) atoms. The number of ether oxygens (including phenoxy) is 1. The van der Waals surface area contributed by atoms with E-state index in [2.05, 4.69) is 22.4 Å². The molecule has 1 saturated carbocycles. The van der Waals surface area contributed by atoms with Crippen molar-refractivity contribution in [2.24, 2.45) is 0 Å². The highest BCUT2D eigenvalue weighted by molar-refractivity contribution is 5.77. The van der Waals surface area contributed by atoms with Gasteiger partial charge in [0, 0.05) is 18.0 Å². The molecule has 0 atom stereocenters. The van der Waals surface area contributed by atoms with Gasteiger partial charge in [0.25, 0.3) is 5.91 Å². The van der Waals surface area contributed by atoms with Crippen LogP contribution in [0.4, 0.5) is 0 Å². The Balaban J connectivity index is 1.51. The van der Waals surface area contributed by atoms with E-state index < -0.39 is 0 Å². The average molecular weight is 329 g/mol. The fourth-order valence-corrected chi connectivity index (χ4v) is 2.87. The molecule has 0 saturated heterocycles. The minimum absolute atomic E-state index is 0.0387. The molecule has 0 spiro atoms. The summed E-state index contributed by atoms with van der Waals surface area (Å²) in [6, 6.07) is 7.64. The second-order valence-electron chi connectivity index (χ2n) is 6.11. The molecule has 1 aromatic heterocycles. The molecule has 1 aliphatic carbocycles. The SMILES string of the molecule is CCCc1nnc(-c2ccc(OCC(=O)NC3CCCC3)cc2)o1. The zero-order chi connectivity index (χ0) is 16.8. The van der Waals surface area contributed by atoms with Crippen molar-refractivity contribution >= 4 is 5.91 Å². The number of rotatable bonds is 7. The van der Waals surface area contributed by atoms with Gasteiger partial charge in [0.1, 0.15) is 5.75 Å². The summed E-state index contributed by atoms with van der Waals surface area (Å²) in [5, 5.41) is 11.1. The van der Waals surface area contributed by atoms with Gasteiger partial charge in [-0.3, -0.25) is 4.79 Å². The van der Waals surface area contributed by atoms with Crippen molar-refractivity contribution < 1.29 is 13.9 Å². The van der Waals surface area contributed by atoms with Gasteiger partial charge in [-0.25, -0.2) is 0 Å². The molecule has 128 valence electrons. The maximum atomic E-state index is 11.9. The molecule has 1 aromatic carbocycles. The van der Waals surface area contributed by atoms with E-state index in [1.807, 2.05) is 24.3 Å². The molecule has 1 aliphatic rings. The summed E-state index contributed by atoms with van der Waals surface area (Å²) in [7, 11) is 0. The Kier molecular flexibility index (Phi) is 5.46. The van der Waals surface area contributed by atoms with Crippen LogP contribution in [0.5, 0.6) is 5.75 Å². The molecular weight excluding hydrogens is 306 g/mol. The van der Waals surface area contributed by atoms with Crippen molar-refractivity contribution in [3.05, 3.63) is 30.2 Å². The number of carbonyl (C=O) groups excluding carboxylic acids is 1. The van der Waals surface area contributed by atoms with Gasteiger partial charge in [-0.2, -0.15) is 0 Å². The van der Waals surface area contributed by atoms with Crippen LogP contribution in [0.1, 0.15) is 44.9 Å². The Hall–Kier alpha value is -2.37. The van der Waals surface area contributed by atoms with Crippen molar-refractivity contribution in [1.82, 2.24) is 15.5 Å². The molecule has 0 bridgehead atoms. The number of aromatic nitrogens is 2. The van der Waals surface area contributed by atoms with E-state index in [0.717, 1.165) is 31.2 Å². The van der Waals surface area contributed by atoms with Gasteiger partial charge >= 0.3 is 0 Å². The lowest BCUT2D eigenvalue weighted by Gasteiger charge is -2.12. The van der Waals surface area contributed by atoms with Crippen LogP contribution >= 0.6 is 0 Å². The molecule has 0 unspecified atom stereocenters. The molecule has 6 heteroatoms. The van der Waals surface area contributed by atoms with Gasteiger partial charge in [-0.05, 0) is 43.5 Å². The summed E-state index contributed by atoms with van der Waals surface area (Å²) in [6.07, 6.45) is 6.29. The van der Waals surface area contributed by atoms with Crippen LogP contribution in [0.25, 0.3) is 11.5 Å². The first-order valence-corrected chi connectivity index (χ1v) is 8.59. The van der Waals surface area contributed by atoms with Crippen molar-refractivity contribution in [3.63, 3.8) is 0 Å². The van der Waals surface area contributed by atoms with E-state index in [0.29, 0.717) is 23.6 Å². The minimum Gasteiger partial charge on any atom is -0.484 e. The summed E-state index contributed by atoms with van der Waals surface area (Å²) in [5.41, 5.74) is 0.840. The van der Waals surface area contributed by atoms with Gasteiger partial charge in [0.05, 0.1) is 0 Å². The fourth-order valence-electron chi connectivity index (χ4n) is 2.87. The molecule has 0 radical (unpaired) electrons. The van der Waals surface area contributed by atoms with Gasteiger partial charge in [0.2, 0.25) is 11.8 Å². The third-order valence-corrected chi connectivity index (χ3v) is 4.12. The van der Waals surface area contributed by atoms with Crippen LogP contribution in [0.3, 0.4) is 0 Å². The van der Waals surface area contributed by atoms with Crippen molar-refractivity contribution in [2.45, 2.75) is 51.5 Å². The Bertz CT molecular complexity index is 660. The first-order chi connectivity index (χ1) is 11.7. The highest BCUT2D eigenvalue weighted by Crippen LogP contribution is 2.22. The maximum absolute atomic E-state index is 11.9. The molecule has 1 fully saturated rings. The highest BCUT2D eigenvalue weighted by atomic mass is 16.5. The second kappa shape index (κ2) is 7.95. The summed E-state index contributed by atoms with van der Waals surface area (Å²) in [5.74, 6) is 1.74. The Morgan fingerprint density at radius 1 is 1.25 bits per heavy atom. The molecule has 3 rings (SSSR count). The normalized spacial score (nSPS) is 14.7. The number of hydrogen-bond donors (Lipinski definition) is 1. The Morgan fingerprint density at radius 2 is 2.00 bits per heavy atom. The number of benzene rings is 1. The average Bonchev–Trinajstić information content (AvgIpc) is 3.26. The topological polar surface area (TPSA) is 77.2 Å². The molecule has 0 aliphatic heterocycles. The summed E-state index contributed by atoms with van der Waals surface area (Å²) < 4.78 is 11.1. The quantitative estimate of drug-likeness (QED) is 0.844. The first kappa shape index (κ1) is 16.5. The van der Waals surface area contributed by atoms with Crippen LogP contribution < -0.4 is 10.1 Å². The van der Waals surface area contributed by atoms with E-state index >= 15 is 0 Å². The van der Waals surface area contributed by atoms with Crippen LogP contribution in [-0.2, 0) is 11.2 Å². The number of carbonyl (C=O) groups is 1. The maximum Gasteiger partial charge on any atom is 0.258 e. The molecule has 2 aromatic rings. The van der Waals surface area contributed by atoms with E-state index in [-0.39, 0.29) is 12.5 Å². The van der Waals surface area contributed by atoms with Gasteiger partial charge < -0.3 is 14.5 Å². The van der Waals surface area contributed by atoms with Gasteiger partial charge in [0.15, 0.2) is 6.61 Å². The number of nitrogens with zero attached hydrogens (tertiary/aromatic N) is 2. The summed E-state index contributed by atoms with van der Waals surface area (Å²) in [4.78, 5) is 11.9. The van der Waals surface area contributed by atoms with Gasteiger partial charge in [-0.1, -0.05) is 19.8 Å². The zero-order valence-electron chi connectivity index (χ0n) is 14.0. The van der Waals surface area contributed by atoms with Crippen LogP contribution in [-0.4, -0.2) is 28.8 Å². The lowest BCUT2D eigenvalue weighted by Crippen LogP contribution is -2.36. The fraction of sp³-hybridized carbons (Fsp3) is 0.500. The second-order valence-corrected chi connectivity index (χ2v) is 6.11. The van der Waals surface area contributed by atoms with Gasteiger partial charge in [-0.15, -0.1) is 10.2 Å². The largest absolute Gasteiger partial charge is 0.484 e. The number of amides is 1. The predicted octanol–water partition coefficient (Wildman–Crippen LogP) is 3.13. The smallest absolute Gasteiger partial charge is 0.258 e. The highest BCUT2D eigenvalue weighted by Gasteiger charge is 2.17. The van der Waals surface area contributed by atoms with E-state index in [1.165, 1.54) is 12.8 Å². The molecular formula is C18H23N3O3. The molecule has 1 N–H and O–H groups in total. The lowest BCUT2D eigenvalue weighted by molar-refractivity contribution is -0.123. The van der Waals surface area contributed by atoms with Crippen molar-refractivity contribution in [2.75, 3.05) is 6.61 Å². The monoisotopic (exact) mass is 329 g/mol. The molecule has 6 nitrogen and oxygen atoms in total. The van der Waals surface area contributed by atoms with Crippen LogP contribution in [0.15, 0.2) is 28.7 Å². The summed E-state index contributed by atoms with van der Waals surface area (Å²) >= 11 is 0. The standard InChI is InChI=1S/C18H23N3O3/c1-2-5-17-20-21-18(24-17)13-8-10-15(11-9-13)23-12-16(22)19-14-6-3-4-7-14/h8-11,14H,2-7,12H2,1H3,(H,19,22). The Labute approximate surface area is 141 Å². The lowest BCUT2D eigenvalue weighted by atomic mass is 10.2. The Morgan fingerprint density at radius 3 is 2.71 bits per heavy atom. The number of aryl methyl sites for hydroxylation is 1. The first-order valence-electron chi connectivity index (χ1n) is 8.59. The van der Waals surface area contributed by atoms with Crippen molar-refractivity contribution in [1.29, 1.82) is 0 Å². The molecule has 1 heterocycles. The van der Waals surface area contributed by atoms with E-state index in [9.17, 15) is 4.79 Å². The number of nitrogens with one attached hydrogen (secondary N) is 1. The third kappa shape index (κ3) is 4.34. The predicted molar refractivity (Wildman–Crippen MR) is 89.6 cm³/mol. The molecule has 1 amide bonds. The number of hydrogen-bond acceptors (Lipinski definition) is 5.